The van der Waals surface area contributed by atoms with E-state index in [-0.39, 0.29) is 23.3 Å². The maximum atomic E-state index is 13.9. The van der Waals surface area contributed by atoms with Crippen LogP contribution in [-0.2, 0) is 26.2 Å². The average molecular weight is 550 g/mol. The van der Waals surface area contributed by atoms with Crippen LogP contribution in [0, 0.1) is 26.7 Å². The molecule has 208 valence electrons. The van der Waals surface area contributed by atoms with E-state index in [2.05, 4.69) is 5.32 Å². The van der Waals surface area contributed by atoms with Crippen LogP contribution in [0.25, 0.3) is 0 Å². The monoisotopic (exact) mass is 549 g/mol. The lowest BCUT2D eigenvalue weighted by atomic mass is 10.1. The van der Waals surface area contributed by atoms with Crippen molar-refractivity contribution < 1.29 is 18.0 Å². The number of carbonyl (C=O) groups excluding carboxylic acids is 2. The molecule has 0 heterocycles. The molecular formula is C31H39N3O4S. The number of carbonyl (C=O) groups is 2. The predicted octanol–water partition coefficient (Wildman–Crippen LogP) is 5.00. The fourth-order valence-electron chi connectivity index (χ4n) is 4.00. The summed E-state index contributed by atoms with van der Waals surface area (Å²) in [5.41, 5.74) is 4.20. The van der Waals surface area contributed by atoms with Gasteiger partial charge in [-0.15, -0.1) is 0 Å². The number of aryl methyl sites for hydroxylation is 3. The number of amides is 2. The van der Waals surface area contributed by atoms with Gasteiger partial charge >= 0.3 is 0 Å². The Morgan fingerprint density at radius 3 is 1.77 bits per heavy atom. The van der Waals surface area contributed by atoms with Crippen molar-refractivity contribution >= 4 is 27.5 Å². The summed E-state index contributed by atoms with van der Waals surface area (Å²) in [7, 11) is -4.07. The molecule has 2 amide bonds. The standard InChI is InChI=1S/C31H39N3O4S/c1-22(2)19-32-31(36)26(6)33(20-27-13-7-23(3)8-14-27)30(35)21-34(28-15-9-24(4)10-16-28)39(37,38)29-17-11-25(5)12-18-29/h7-18,22,26H,19-21H2,1-6H3,(H,32,36)/t26-/m0/s1. The first-order valence-electron chi connectivity index (χ1n) is 13.2. The molecule has 1 atom stereocenters. The van der Waals surface area contributed by atoms with Gasteiger partial charge in [0.05, 0.1) is 10.6 Å². The van der Waals surface area contributed by atoms with E-state index in [1.54, 1.807) is 43.3 Å². The number of nitrogens with zero attached hydrogens (tertiary/aromatic N) is 2. The van der Waals surface area contributed by atoms with E-state index in [9.17, 15) is 18.0 Å². The van der Waals surface area contributed by atoms with Gasteiger partial charge in [0.15, 0.2) is 0 Å². The van der Waals surface area contributed by atoms with Gasteiger partial charge < -0.3 is 10.2 Å². The Hall–Kier alpha value is -3.65. The summed E-state index contributed by atoms with van der Waals surface area (Å²) in [5, 5.41) is 2.90. The third kappa shape index (κ3) is 7.93. The van der Waals surface area contributed by atoms with Gasteiger partial charge in [-0.3, -0.25) is 13.9 Å². The van der Waals surface area contributed by atoms with Crippen LogP contribution in [0.1, 0.15) is 43.0 Å². The Kier molecular flexibility index (Phi) is 9.92. The third-order valence-electron chi connectivity index (χ3n) is 6.54. The van der Waals surface area contributed by atoms with E-state index in [1.165, 1.54) is 4.90 Å². The van der Waals surface area contributed by atoms with E-state index in [0.29, 0.717) is 12.2 Å². The van der Waals surface area contributed by atoms with Crippen molar-refractivity contribution in [3.05, 3.63) is 95.1 Å². The highest BCUT2D eigenvalue weighted by Crippen LogP contribution is 2.25. The number of rotatable bonds is 11. The van der Waals surface area contributed by atoms with Gasteiger partial charge in [0, 0.05) is 13.1 Å². The highest BCUT2D eigenvalue weighted by molar-refractivity contribution is 7.92. The molecule has 0 aliphatic rings. The minimum atomic E-state index is -4.07. The number of anilines is 1. The second-order valence-electron chi connectivity index (χ2n) is 10.5. The topological polar surface area (TPSA) is 86.8 Å². The SMILES string of the molecule is Cc1ccc(CN(C(=O)CN(c2ccc(C)cc2)S(=O)(=O)c2ccc(C)cc2)[C@@H](C)C(=O)NCC(C)C)cc1. The first-order valence-corrected chi connectivity index (χ1v) is 14.6. The van der Waals surface area contributed by atoms with Crippen LogP contribution in [0.5, 0.6) is 0 Å². The molecule has 1 N–H and O–H groups in total. The maximum Gasteiger partial charge on any atom is 0.264 e. The third-order valence-corrected chi connectivity index (χ3v) is 8.32. The molecule has 3 aromatic carbocycles. The molecule has 7 nitrogen and oxygen atoms in total. The molecule has 0 aromatic heterocycles. The summed E-state index contributed by atoms with van der Waals surface area (Å²) >= 11 is 0. The second kappa shape index (κ2) is 12.9. The summed E-state index contributed by atoms with van der Waals surface area (Å²) in [5.74, 6) is -0.509. The Bertz CT molecular complexity index is 1370. The number of hydrogen-bond donors (Lipinski definition) is 1. The number of sulfonamides is 1. The Morgan fingerprint density at radius 1 is 0.769 bits per heavy atom. The highest BCUT2D eigenvalue weighted by atomic mass is 32.2. The van der Waals surface area contributed by atoms with Gasteiger partial charge in [0.25, 0.3) is 10.0 Å². The molecule has 3 aromatic rings. The van der Waals surface area contributed by atoms with Gasteiger partial charge in [0.1, 0.15) is 12.6 Å². The molecule has 8 heteroatoms. The van der Waals surface area contributed by atoms with Crippen LogP contribution in [0.2, 0.25) is 0 Å². The molecule has 0 radical (unpaired) electrons. The van der Waals surface area contributed by atoms with Crippen molar-refractivity contribution in [1.82, 2.24) is 10.2 Å². The fourth-order valence-corrected chi connectivity index (χ4v) is 5.42. The lowest BCUT2D eigenvalue weighted by molar-refractivity contribution is -0.139. The number of hydrogen-bond acceptors (Lipinski definition) is 4. The zero-order valence-electron chi connectivity index (χ0n) is 23.6. The summed E-state index contributed by atoms with van der Waals surface area (Å²) in [4.78, 5) is 28.5. The molecule has 0 aliphatic heterocycles. The Balaban J connectivity index is 2.00. The quantitative estimate of drug-likeness (QED) is 0.365. The van der Waals surface area contributed by atoms with Crippen LogP contribution >= 0.6 is 0 Å². The Morgan fingerprint density at radius 2 is 1.26 bits per heavy atom. The van der Waals surface area contributed by atoms with Crippen LogP contribution in [0.15, 0.2) is 77.7 Å². The molecule has 0 unspecified atom stereocenters. The predicted molar refractivity (Wildman–Crippen MR) is 156 cm³/mol. The van der Waals surface area contributed by atoms with Crippen LogP contribution in [0.4, 0.5) is 5.69 Å². The van der Waals surface area contributed by atoms with E-state index >= 15 is 0 Å². The van der Waals surface area contributed by atoms with Gasteiger partial charge in [-0.2, -0.15) is 0 Å². The van der Waals surface area contributed by atoms with Crippen LogP contribution < -0.4 is 9.62 Å². The minimum absolute atomic E-state index is 0.0919. The van der Waals surface area contributed by atoms with Crippen molar-refractivity contribution in [2.24, 2.45) is 5.92 Å². The zero-order valence-corrected chi connectivity index (χ0v) is 24.5. The maximum absolute atomic E-state index is 13.9. The highest BCUT2D eigenvalue weighted by Gasteiger charge is 2.32. The largest absolute Gasteiger partial charge is 0.354 e. The van der Waals surface area contributed by atoms with Crippen molar-refractivity contribution in [2.75, 3.05) is 17.4 Å². The van der Waals surface area contributed by atoms with Gasteiger partial charge in [-0.05, 0) is 63.4 Å². The molecular weight excluding hydrogens is 510 g/mol. The molecule has 0 spiro atoms. The second-order valence-corrected chi connectivity index (χ2v) is 12.3. The molecule has 0 bridgehead atoms. The summed E-state index contributed by atoms with van der Waals surface area (Å²) < 4.78 is 28.8. The fraction of sp³-hybridized carbons (Fsp3) is 0.355. The molecule has 0 fully saturated rings. The molecule has 0 aliphatic carbocycles. The van der Waals surface area contributed by atoms with E-state index < -0.39 is 28.5 Å². The van der Waals surface area contributed by atoms with Crippen LogP contribution in [0.3, 0.4) is 0 Å². The molecule has 0 saturated heterocycles. The smallest absolute Gasteiger partial charge is 0.264 e. The molecule has 3 rings (SSSR count). The summed E-state index contributed by atoms with van der Waals surface area (Å²) in [6.45, 7) is 11.6. The van der Waals surface area contributed by atoms with Gasteiger partial charge in [0.2, 0.25) is 11.8 Å². The van der Waals surface area contributed by atoms with Crippen molar-refractivity contribution in [2.45, 2.75) is 59.0 Å². The van der Waals surface area contributed by atoms with Gasteiger partial charge in [-0.25, -0.2) is 8.42 Å². The van der Waals surface area contributed by atoms with E-state index in [4.69, 9.17) is 0 Å². The average Bonchev–Trinajstić information content (AvgIpc) is 2.90. The molecule has 0 saturated carbocycles. The lowest BCUT2D eigenvalue weighted by Crippen LogP contribution is -2.51. The lowest BCUT2D eigenvalue weighted by Gasteiger charge is -2.32. The summed E-state index contributed by atoms with van der Waals surface area (Å²) in [6, 6.07) is 20.5. The first-order chi connectivity index (χ1) is 18.4. The van der Waals surface area contributed by atoms with Crippen molar-refractivity contribution in [3.63, 3.8) is 0 Å². The first kappa shape index (κ1) is 29.9. The number of benzene rings is 3. The Labute approximate surface area is 232 Å². The molecule has 39 heavy (non-hydrogen) atoms. The number of nitrogens with one attached hydrogen (secondary N) is 1. The minimum Gasteiger partial charge on any atom is -0.354 e. The van der Waals surface area contributed by atoms with E-state index in [0.717, 1.165) is 26.6 Å². The van der Waals surface area contributed by atoms with Gasteiger partial charge in [-0.1, -0.05) is 79.1 Å². The normalized spacial score (nSPS) is 12.2. The van der Waals surface area contributed by atoms with E-state index in [1.807, 2.05) is 71.0 Å². The summed E-state index contributed by atoms with van der Waals surface area (Å²) in [6.07, 6.45) is 0. The van der Waals surface area contributed by atoms with Crippen molar-refractivity contribution in [1.29, 1.82) is 0 Å². The van der Waals surface area contributed by atoms with Crippen LogP contribution in [-0.4, -0.2) is 44.3 Å². The zero-order chi connectivity index (χ0) is 28.7. The van der Waals surface area contributed by atoms with Crippen molar-refractivity contribution in [3.8, 4) is 0 Å².